The quantitative estimate of drug-likeness (QED) is 0.692. The highest BCUT2D eigenvalue weighted by molar-refractivity contribution is 5.75. The summed E-state index contributed by atoms with van der Waals surface area (Å²) in [7, 11) is 0. The Morgan fingerprint density at radius 1 is 1.58 bits per heavy atom. The summed E-state index contributed by atoms with van der Waals surface area (Å²) in [4.78, 5) is 10.1. The van der Waals surface area contributed by atoms with E-state index in [1.165, 1.54) is 0 Å². The van der Waals surface area contributed by atoms with Crippen LogP contribution in [-0.2, 0) is 9.53 Å². The topological polar surface area (TPSA) is 46.5 Å². The lowest BCUT2D eigenvalue weighted by atomic mass is 9.95. The van der Waals surface area contributed by atoms with Gasteiger partial charge < -0.3 is 9.84 Å². The van der Waals surface area contributed by atoms with Gasteiger partial charge in [-0.2, -0.15) is 8.78 Å². The maximum absolute atomic E-state index is 12.8. The van der Waals surface area contributed by atoms with Gasteiger partial charge in [-0.15, -0.1) is 0 Å². The molecule has 0 spiro atoms. The van der Waals surface area contributed by atoms with Crippen LogP contribution in [0.25, 0.3) is 0 Å². The summed E-state index contributed by atoms with van der Waals surface area (Å²) in [5, 5.41) is 8.19. The van der Waals surface area contributed by atoms with E-state index in [1.807, 2.05) is 0 Å². The van der Waals surface area contributed by atoms with Crippen molar-refractivity contribution in [3.8, 4) is 0 Å². The maximum atomic E-state index is 12.8. The second kappa shape index (κ2) is 3.35. The van der Waals surface area contributed by atoms with Gasteiger partial charge in [0.05, 0.1) is 12.5 Å². The number of alkyl halides is 2. The summed E-state index contributed by atoms with van der Waals surface area (Å²) in [5.41, 5.74) is 0. The van der Waals surface area contributed by atoms with E-state index in [0.29, 0.717) is 13.0 Å². The van der Waals surface area contributed by atoms with Gasteiger partial charge >= 0.3 is 11.9 Å². The van der Waals surface area contributed by atoms with Crippen LogP contribution in [0.4, 0.5) is 8.78 Å². The minimum atomic E-state index is -3.64. The SMILES string of the molecule is O=C(O)C(F)(F)[C@@H]1CCCOC1. The van der Waals surface area contributed by atoms with Crippen LogP contribution in [0.5, 0.6) is 0 Å². The van der Waals surface area contributed by atoms with Gasteiger partial charge in [-0.25, -0.2) is 4.79 Å². The lowest BCUT2D eigenvalue weighted by Crippen LogP contribution is -2.41. The molecular formula is C7H10F2O3. The average Bonchev–Trinajstić information content (AvgIpc) is 2.06. The van der Waals surface area contributed by atoms with E-state index in [-0.39, 0.29) is 13.0 Å². The fraction of sp³-hybridized carbons (Fsp3) is 0.857. The first-order valence-corrected chi connectivity index (χ1v) is 3.74. The van der Waals surface area contributed by atoms with Crippen molar-refractivity contribution in [1.82, 2.24) is 0 Å². The van der Waals surface area contributed by atoms with Crippen LogP contribution < -0.4 is 0 Å². The zero-order valence-corrected chi connectivity index (χ0v) is 6.43. The number of ether oxygens (including phenoxy) is 1. The number of hydrogen-bond acceptors (Lipinski definition) is 2. The molecule has 5 heteroatoms. The van der Waals surface area contributed by atoms with Crippen LogP contribution in [-0.4, -0.2) is 30.2 Å². The van der Waals surface area contributed by atoms with Gasteiger partial charge in [0.1, 0.15) is 0 Å². The smallest absolute Gasteiger partial charge is 0.374 e. The van der Waals surface area contributed by atoms with Crippen molar-refractivity contribution in [2.75, 3.05) is 13.2 Å². The van der Waals surface area contributed by atoms with Crippen molar-refractivity contribution in [2.45, 2.75) is 18.8 Å². The third-order valence-electron chi connectivity index (χ3n) is 1.96. The summed E-state index contributed by atoms with van der Waals surface area (Å²) >= 11 is 0. The van der Waals surface area contributed by atoms with E-state index in [2.05, 4.69) is 0 Å². The first-order valence-electron chi connectivity index (χ1n) is 3.74. The van der Waals surface area contributed by atoms with Crippen LogP contribution in [0, 0.1) is 5.92 Å². The Morgan fingerprint density at radius 3 is 2.67 bits per heavy atom. The highest BCUT2D eigenvalue weighted by atomic mass is 19.3. The summed E-state index contributed by atoms with van der Waals surface area (Å²) in [6, 6.07) is 0. The zero-order chi connectivity index (χ0) is 9.19. The molecule has 1 saturated heterocycles. The van der Waals surface area contributed by atoms with E-state index >= 15 is 0 Å². The normalized spacial score (nSPS) is 25.3. The highest BCUT2D eigenvalue weighted by Gasteiger charge is 2.47. The summed E-state index contributed by atoms with van der Waals surface area (Å²) in [6.07, 6.45) is 0.729. The van der Waals surface area contributed by atoms with Crippen molar-refractivity contribution in [3.63, 3.8) is 0 Å². The van der Waals surface area contributed by atoms with Crippen LogP contribution in [0.15, 0.2) is 0 Å². The Bertz CT molecular complexity index is 175. The van der Waals surface area contributed by atoms with Gasteiger partial charge in [-0.05, 0) is 12.8 Å². The molecule has 0 saturated carbocycles. The average molecular weight is 180 g/mol. The molecule has 1 fully saturated rings. The van der Waals surface area contributed by atoms with E-state index in [4.69, 9.17) is 9.84 Å². The summed E-state index contributed by atoms with van der Waals surface area (Å²) < 4.78 is 30.3. The second-order valence-electron chi connectivity index (χ2n) is 2.84. The highest BCUT2D eigenvalue weighted by Crippen LogP contribution is 2.31. The van der Waals surface area contributed by atoms with E-state index in [1.54, 1.807) is 0 Å². The molecule has 0 aliphatic carbocycles. The third kappa shape index (κ3) is 1.72. The first kappa shape index (κ1) is 9.38. The number of halogens is 2. The number of carboxylic acid groups (broad SMARTS) is 1. The van der Waals surface area contributed by atoms with E-state index in [0.717, 1.165) is 0 Å². The van der Waals surface area contributed by atoms with Crippen molar-refractivity contribution >= 4 is 5.97 Å². The zero-order valence-electron chi connectivity index (χ0n) is 6.43. The molecule has 1 heterocycles. The second-order valence-corrected chi connectivity index (χ2v) is 2.84. The minimum absolute atomic E-state index is 0.153. The lowest BCUT2D eigenvalue weighted by molar-refractivity contribution is -0.180. The van der Waals surface area contributed by atoms with Gasteiger partial charge in [0.15, 0.2) is 0 Å². The molecule has 0 bridgehead atoms. The molecule has 1 atom stereocenters. The van der Waals surface area contributed by atoms with Gasteiger partial charge in [-0.3, -0.25) is 0 Å². The number of rotatable bonds is 2. The van der Waals surface area contributed by atoms with Crippen molar-refractivity contribution < 1.29 is 23.4 Å². The van der Waals surface area contributed by atoms with Crippen LogP contribution in [0.2, 0.25) is 0 Å². The molecule has 12 heavy (non-hydrogen) atoms. The van der Waals surface area contributed by atoms with Crippen molar-refractivity contribution in [1.29, 1.82) is 0 Å². The molecule has 0 aromatic heterocycles. The predicted molar refractivity (Wildman–Crippen MR) is 36.1 cm³/mol. The molecule has 1 aliphatic heterocycles. The standard InChI is InChI=1S/C7H10F2O3/c8-7(9,6(10)11)5-2-1-3-12-4-5/h5H,1-4H2,(H,10,11)/t5-/m1/s1. The lowest BCUT2D eigenvalue weighted by Gasteiger charge is -2.26. The first-order chi connectivity index (χ1) is 5.55. The number of aliphatic carboxylic acids is 1. The van der Waals surface area contributed by atoms with E-state index in [9.17, 15) is 13.6 Å². The molecule has 1 aliphatic rings. The number of hydrogen-bond donors (Lipinski definition) is 1. The minimum Gasteiger partial charge on any atom is -0.477 e. The summed E-state index contributed by atoms with van der Waals surface area (Å²) in [5.74, 6) is -6.86. The Hall–Kier alpha value is -0.710. The predicted octanol–water partition coefficient (Wildman–Crippen LogP) is 1.13. The third-order valence-corrected chi connectivity index (χ3v) is 1.96. The van der Waals surface area contributed by atoms with Crippen LogP contribution in [0.3, 0.4) is 0 Å². The molecular weight excluding hydrogens is 170 g/mol. The largest absolute Gasteiger partial charge is 0.477 e. The molecule has 3 nitrogen and oxygen atoms in total. The Balaban J connectivity index is 2.59. The fourth-order valence-electron chi connectivity index (χ4n) is 1.20. The Kier molecular flexibility index (Phi) is 2.62. The molecule has 1 rings (SSSR count). The van der Waals surface area contributed by atoms with Gasteiger partial charge in [0.2, 0.25) is 0 Å². The maximum Gasteiger partial charge on any atom is 0.374 e. The van der Waals surface area contributed by atoms with Crippen LogP contribution in [0.1, 0.15) is 12.8 Å². The number of carbonyl (C=O) groups is 1. The van der Waals surface area contributed by atoms with Crippen LogP contribution >= 0.6 is 0 Å². The Labute approximate surface area is 68.3 Å². The molecule has 0 aromatic rings. The molecule has 1 N–H and O–H groups in total. The summed E-state index contributed by atoms with van der Waals surface area (Å²) in [6.45, 7) is 0.297. The molecule has 0 amide bonds. The molecule has 0 unspecified atom stereocenters. The van der Waals surface area contributed by atoms with Gasteiger partial charge in [-0.1, -0.05) is 0 Å². The van der Waals surface area contributed by atoms with Crippen molar-refractivity contribution in [3.05, 3.63) is 0 Å². The monoisotopic (exact) mass is 180 g/mol. The molecule has 70 valence electrons. The van der Waals surface area contributed by atoms with Gasteiger partial charge in [0.25, 0.3) is 0 Å². The Morgan fingerprint density at radius 2 is 2.25 bits per heavy atom. The molecule has 0 aromatic carbocycles. The molecule has 0 radical (unpaired) electrons. The van der Waals surface area contributed by atoms with E-state index < -0.39 is 17.8 Å². The number of carboxylic acids is 1. The van der Waals surface area contributed by atoms with Gasteiger partial charge in [0, 0.05) is 6.61 Å². The fourth-order valence-corrected chi connectivity index (χ4v) is 1.20. The van der Waals surface area contributed by atoms with Crippen molar-refractivity contribution in [2.24, 2.45) is 5.92 Å².